The van der Waals surface area contributed by atoms with E-state index < -0.39 is 69.3 Å². The van der Waals surface area contributed by atoms with Crippen LogP contribution in [0.5, 0.6) is 0 Å². The first-order valence-corrected chi connectivity index (χ1v) is 12.3. The fourth-order valence-electron chi connectivity index (χ4n) is 4.16. The third-order valence-corrected chi connectivity index (χ3v) is 6.07. The lowest BCUT2D eigenvalue weighted by Gasteiger charge is -2.18. The van der Waals surface area contributed by atoms with Crippen molar-refractivity contribution in [1.82, 2.24) is 0 Å². The van der Waals surface area contributed by atoms with Crippen molar-refractivity contribution in [3.63, 3.8) is 0 Å². The summed E-state index contributed by atoms with van der Waals surface area (Å²) in [4.78, 5) is 0. The summed E-state index contributed by atoms with van der Waals surface area (Å²) in [6.07, 6.45) is 0. The Kier molecular flexibility index (Phi) is 11.7. The molecule has 2 N–H and O–H groups in total. The van der Waals surface area contributed by atoms with Crippen molar-refractivity contribution in [2.45, 2.75) is 5.92 Å². The van der Waals surface area contributed by atoms with Crippen LogP contribution in [0.4, 0.5) is 43.9 Å². The highest BCUT2D eigenvalue weighted by atomic mass is 19.2. The average molecular weight is 623 g/mol. The zero-order chi connectivity index (χ0) is 32.6. The van der Waals surface area contributed by atoms with Crippen molar-refractivity contribution in [1.29, 1.82) is 0 Å². The third-order valence-electron chi connectivity index (χ3n) is 6.07. The molecule has 5 aromatic rings. The second-order valence-corrected chi connectivity index (χ2v) is 8.67. The molecule has 1 radical (unpaired) electrons. The molecule has 0 heterocycles. The van der Waals surface area contributed by atoms with Crippen molar-refractivity contribution >= 4 is 7.69 Å². The van der Waals surface area contributed by atoms with E-state index in [1.165, 1.54) is 16.7 Å². The first kappa shape index (κ1) is 33.9. The molecule has 13 heteroatoms. The van der Waals surface area contributed by atoms with Gasteiger partial charge in [0.25, 0.3) is 0 Å². The van der Waals surface area contributed by atoms with E-state index in [0.29, 0.717) is 5.92 Å². The molecule has 2 nitrogen and oxygen atoms in total. The maximum Gasteiger partial charge on any atom is 0.482 e. The van der Waals surface area contributed by atoms with Crippen LogP contribution >= 0.6 is 0 Å². The van der Waals surface area contributed by atoms with Gasteiger partial charge in [-0.1, -0.05) is 91.0 Å². The van der Waals surface area contributed by atoms with Crippen LogP contribution in [-0.4, -0.2) is 17.7 Å². The first-order chi connectivity index (χ1) is 21.0. The quantitative estimate of drug-likeness (QED) is 0.0699. The number of hydrogen-bond acceptors (Lipinski definition) is 2. The summed E-state index contributed by atoms with van der Waals surface area (Å²) < 4.78 is 131. The Morgan fingerprint density at radius 3 is 0.727 bits per heavy atom. The van der Waals surface area contributed by atoms with Gasteiger partial charge in [-0.2, -0.15) is 0 Å². The van der Waals surface area contributed by atoms with E-state index in [1.807, 2.05) is 0 Å². The third kappa shape index (κ3) is 7.12. The van der Waals surface area contributed by atoms with E-state index in [2.05, 4.69) is 91.0 Å². The monoisotopic (exact) mass is 623 g/mol. The van der Waals surface area contributed by atoms with Gasteiger partial charge in [0.1, 0.15) is 0 Å². The van der Waals surface area contributed by atoms with Crippen molar-refractivity contribution in [2.24, 2.45) is 0 Å². The largest absolute Gasteiger partial charge is 0.482 e. The lowest BCUT2D eigenvalue weighted by molar-refractivity contribution is 0.370. The van der Waals surface area contributed by atoms with Crippen LogP contribution in [0, 0.1) is 58.2 Å². The van der Waals surface area contributed by atoms with Gasteiger partial charge in [-0.25, -0.2) is 43.9 Å². The van der Waals surface area contributed by atoms with Crippen LogP contribution in [0.15, 0.2) is 91.0 Å². The molecule has 0 amide bonds. The highest BCUT2D eigenvalue weighted by Gasteiger charge is 2.34. The molecule has 0 bridgehead atoms. The van der Waals surface area contributed by atoms with E-state index in [-0.39, 0.29) is 7.69 Å². The Morgan fingerprint density at radius 2 is 0.523 bits per heavy atom. The van der Waals surface area contributed by atoms with E-state index in [9.17, 15) is 43.9 Å². The summed E-state index contributed by atoms with van der Waals surface area (Å²) in [6.45, 7) is 0. The van der Waals surface area contributed by atoms with E-state index in [4.69, 9.17) is 10.0 Å². The lowest BCUT2D eigenvalue weighted by atomic mass is 9.85. The topological polar surface area (TPSA) is 40.5 Å². The predicted molar refractivity (Wildman–Crippen MR) is 142 cm³/mol. The molecule has 227 valence electrons. The van der Waals surface area contributed by atoms with Gasteiger partial charge in [0.15, 0.2) is 46.5 Å². The van der Waals surface area contributed by atoms with Gasteiger partial charge in [-0.15, -0.1) is 0 Å². The fraction of sp³-hybridized carbons (Fsp3) is 0.0323. The highest BCUT2D eigenvalue weighted by Crippen LogP contribution is 2.37. The van der Waals surface area contributed by atoms with Crippen molar-refractivity contribution in [3.05, 3.63) is 166 Å². The van der Waals surface area contributed by atoms with Gasteiger partial charge in [0.2, 0.25) is 11.6 Å². The Labute approximate surface area is 244 Å². The highest BCUT2D eigenvalue weighted by molar-refractivity contribution is 6.13. The Bertz CT molecular complexity index is 1490. The molecule has 0 atom stereocenters. The zero-order valence-electron chi connectivity index (χ0n) is 22.0. The molecule has 5 aromatic carbocycles. The molecule has 0 fully saturated rings. The van der Waals surface area contributed by atoms with Crippen LogP contribution in [0.2, 0.25) is 0 Å². The molecule has 44 heavy (non-hydrogen) atoms. The smallest absolute Gasteiger partial charge is 0.429 e. The number of halogens is 10. The molecule has 0 spiro atoms. The van der Waals surface area contributed by atoms with Gasteiger partial charge in [-0.05, 0) is 16.7 Å². The maximum absolute atomic E-state index is 13.4. The number of hydrogen-bond donors (Lipinski definition) is 2. The van der Waals surface area contributed by atoms with E-state index in [0.717, 1.165) is 0 Å². The predicted octanol–water partition coefficient (Wildman–Crippen LogP) is 8.12. The summed E-state index contributed by atoms with van der Waals surface area (Å²) in [5.41, 5.74) is -0.520. The van der Waals surface area contributed by atoms with Gasteiger partial charge in [0.05, 0.1) is 11.1 Å². The summed E-state index contributed by atoms with van der Waals surface area (Å²) in [7, 11) is 0. The lowest BCUT2D eigenvalue weighted by Crippen LogP contribution is -2.10. The molecule has 0 aliphatic carbocycles. The summed E-state index contributed by atoms with van der Waals surface area (Å²) in [6, 6.07) is 32.0. The fourth-order valence-corrected chi connectivity index (χ4v) is 4.16. The Morgan fingerprint density at radius 1 is 0.341 bits per heavy atom. The number of rotatable bonds is 4. The molecule has 0 aromatic heterocycles. The number of benzene rings is 5. The first-order valence-electron chi connectivity index (χ1n) is 12.3. The second kappa shape index (κ2) is 15.2. The minimum atomic E-state index is -2.68. The molecule has 0 aliphatic heterocycles. The maximum atomic E-state index is 13.4. The van der Waals surface area contributed by atoms with Gasteiger partial charge in [0, 0.05) is 5.92 Å². The summed E-state index contributed by atoms with van der Waals surface area (Å²) in [5, 5.41) is 14.0. The molecule has 0 aliphatic rings. The SMILES string of the molecule is Fc1c(F)c(F)c(-c2c(F)c(F)c(F)c(F)c2F)c(F)c1F.O[B]O.c1ccc(C(c2ccccc2)c2ccccc2)cc1. The Balaban J connectivity index is 0.000000222. The molecular weight excluding hydrogens is 605 g/mol. The standard InChI is InChI=1S/C19H16.C12F10.BH2O2/c1-4-10-16(11-5-1)19(17-12-6-2-7-13-17)18-14-8-3-9-15-18;13-3-1(4(14)8(18)11(21)7(3)17)2-5(15)9(19)12(22)10(20)6(2)16;2-1-3/h1-15,19H;;2-3H. The van der Waals surface area contributed by atoms with E-state index >= 15 is 0 Å². The van der Waals surface area contributed by atoms with Crippen molar-refractivity contribution in [2.75, 3.05) is 0 Å². The van der Waals surface area contributed by atoms with Gasteiger partial charge < -0.3 is 10.0 Å². The molecule has 5 rings (SSSR count). The molecule has 0 saturated carbocycles. The van der Waals surface area contributed by atoms with Crippen molar-refractivity contribution in [3.8, 4) is 11.1 Å². The Hall–Kier alpha value is -4.62. The minimum absolute atomic E-state index is 0. The van der Waals surface area contributed by atoms with Gasteiger partial charge >= 0.3 is 7.69 Å². The van der Waals surface area contributed by atoms with Crippen LogP contribution in [0.25, 0.3) is 11.1 Å². The van der Waals surface area contributed by atoms with Crippen LogP contribution in [0.3, 0.4) is 0 Å². The van der Waals surface area contributed by atoms with Gasteiger partial charge in [-0.3, -0.25) is 0 Å². The molecule has 0 unspecified atom stereocenters. The van der Waals surface area contributed by atoms with Crippen LogP contribution < -0.4 is 0 Å². The second-order valence-electron chi connectivity index (χ2n) is 8.67. The normalized spacial score (nSPS) is 10.5. The summed E-state index contributed by atoms with van der Waals surface area (Å²) >= 11 is 0. The van der Waals surface area contributed by atoms with E-state index in [1.54, 1.807) is 0 Å². The molecule has 0 saturated heterocycles. The molecular formula is C31H18BF10O2. The van der Waals surface area contributed by atoms with Crippen LogP contribution in [0.1, 0.15) is 22.6 Å². The van der Waals surface area contributed by atoms with Crippen LogP contribution in [-0.2, 0) is 0 Å². The van der Waals surface area contributed by atoms with Crippen molar-refractivity contribution < 1.29 is 54.0 Å². The zero-order valence-corrected chi connectivity index (χ0v) is 22.0. The average Bonchev–Trinajstić information content (AvgIpc) is 3.05. The minimum Gasteiger partial charge on any atom is -0.429 e. The summed E-state index contributed by atoms with van der Waals surface area (Å²) in [5.74, 6) is -26.3.